The molecule has 2 aliphatic rings. The number of likely N-dealkylation sites (tertiary alicyclic amines) is 1. The first kappa shape index (κ1) is 16.7. The summed E-state index contributed by atoms with van der Waals surface area (Å²) in [5, 5.41) is 14.1. The number of amides is 1. The van der Waals surface area contributed by atoms with Crippen LogP contribution in [0, 0.1) is 11.8 Å². The van der Waals surface area contributed by atoms with Crippen LogP contribution in [0.25, 0.3) is 0 Å². The molecule has 0 aromatic heterocycles. The molecule has 1 aromatic carbocycles. The van der Waals surface area contributed by atoms with E-state index < -0.39 is 6.10 Å². The highest BCUT2D eigenvalue weighted by Crippen LogP contribution is 2.28. The first-order valence-corrected chi connectivity index (χ1v) is 8.93. The zero-order valence-corrected chi connectivity index (χ0v) is 14.1. The number of rotatable bonds is 6. The number of piperidine rings is 1. The number of carbonyl (C=O) groups is 1. The second kappa shape index (κ2) is 7.65. The van der Waals surface area contributed by atoms with Crippen LogP contribution in [-0.4, -0.2) is 42.1 Å². The molecule has 1 saturated heterocycles. The molecule has 126 valence electrons. The summed E-state index contributed by atoms with van der Waals surface area (Å²) in [6.45, 7) is 3.08. The molecule has 0 spiro atoms. The van der Waals surface area contributed by atoms with E-state index in [0.29, 0.717) is 17.5 Å². The van der Waals surface area contributed by atoms with Crippen LogP contribution < -0.4 is 5.32 Å². The van der Waals surface area contributed by atoms with Gasteiger partial charge in [-0.2, -0.15) is 0 Å². The van der Waals surface area contributed by atoms with Crippen LogP contribution in [-0.2, 0) is 4.79 Å². The number of hydrogen-bond acceptors (Lipinski definition) is 3. The number of halogens is 1. The zero-order valence-electron chi connectivity index (χ0n) is 13.4. The fourth-order valence-corrected chi connectivity index (χ4v) is 3.31. The lowest BCUT2D eigenvalue weighted by molar-refractivity contribution is -0.127. The molecule has 1 aliphatic carbocycles. The zero-order chi connectivity index (χ0) is 16.2. The van der Waals surface area contributed by atoms with Gasteiger partial charge in [0.15, 0.2) is 0 Å². The third-order valence-corrected chi connectivity index (χ3v) is 5.08. The molecule has 3 rings (SSSR count). The van der Waals surface area contributed by atoms with E-state index in [-0.39, 0.29) is 11.8 Å². The Morgan fingerprint density at radius 1 is 1.30 bits per heavy atom. The SMILES string of the molecule is O=C(NCC1CC1)C1CCCN(CC(O)c2ccc(Cl)cc2)C1. The van der Waals surface area contributed by atoms with Gasteiger partial charge in [-0.25, -0.2) is 0 Å². The molecule has 0 bridgehead atoms. The normalized spacial score (nSPS) is 23.5. The number of nitrogens with zero attached hydrogens (tertiary/aromatic N) is 1. The molecule has 0 radical (unpaired) electrons. The molecule has 2 fully saturated rings. The van der Waals surface area contributed by atoms with Crippen LogP contribution in [0.15, 0.2) is 24.3 Å². The van der Waals surface area contributed by atoms with Crippen molar-refractivity contribution in [2.24, 2.45) is 11.8 Å². The lowest BCUT2D eigenvalue weighted by Crippen LogP contribution is -2.44. The summed E-state index contributed by atoms with van der Waals surface area (Å²) in [5.74, 6) is 0.952. The maximum atomic E-state index is 12.3. The Morgan fingerprint density at radius 3 is 2.74 bits per heavy atom. The van der Waals surface area contributed by atoms with E-state index in [0.717, 1.165) is 38.0 Å². The molecule has 1 saturated carbocycles. The molecule has 23 heavy (non-hydrogen) atoms. The van der Waals surface area contributed by atoms with Gasteiger partial charge in [-0.05, 0) is 55.8 Å². The fraction of sp³-hybridized carbons (Fsp3) is 0.611. The number of carbonyl (C=O) groups excluding carboxylic acids is 1. The van der Waals surface area contributed by atoms with E-state index in [1.165, 1.54) is 12.8 Å². The molecular formula is C18H25ClN2O2. The second-order valence-electron chi connectivity index (χ2n) is 6.85. The Hall–Kier alpha value is -1.10. The van der Waals surface area contributed by atoms with Gasteiger partial charge in [0, 0.05) is 24.7 Å². The van der Waals surface area contributed by atoms with Crippen LogP contribution in [0.1, 0.15) is 37.4 Å². The molecular weight excluding hydrogens is 312 g/mol. The van der Waals surface area contributed by atoms with Gasteiger partial charge in [0.1, 0.15) is 0 Å². The predicted molar refractivity (Wildman–Crippen MR) is 91.3 cm³/mol. The Bertz CT molecular complexity index is 530. The van der Waals surface area contributed by atoms with Gasteiger partial charge >= 0.3 is 0 Å². The van der Waals surface area contributed by atoms with Crippen molar-refractivity contribution in [1.82, 2.24) is 10.2 Å². The van der Waals surface area contributed by atoms with Crippen molar-refractivity contribution in [2.45, 2.75) is 31.8 Å². The van der Waals surface area contributed by atoms with Gasteiger partial charge in [0.05, 0.1) is 12.0 Å². The van der Waals surface area contributed by atoms with Gasteiger partial charge in [-0.3, -0.25) is 9.69 Å². The van der Waals surface area contributed by atoms with Crippen molar-refractivity contribution < 1.29 is 9.90 Å². The van der Waals surface area contributed by atoms with E-state index >= 15 is 0 Å². The Kier molecular flexibility index (Phi) is 5.57. The summed E-state index contributed by atoms with van der Waals surface area (Å²) in [4.78, 5) is 14.5. The molecule has 2 unspecified atom stereocenters. The number of β-amino-alcohol motifs (C(OH)–C–C–N with tert-alkyl or cyclic N) is 1. The van der Waals surface area contributed by atoms with Crippen molar-refractivity contribution in [2.75, 3.05) is 26.2 Å². The van der Waals surface area contributed by atoms with E-state index in [9.17, 15) is 9.90 Å². The Morgan fingerprint density at radius 2 is 2.04 bits per heavy atom. The highest BCUT2D eigenvalue weighted by molar-refractivity contribution is 6.30. The minimum Gasteiger partial charge on any atom is -0.387 e. The highest BCUT2D eigenvalue weighted by atomic mass is 35.5. The maximum absolute atomic E-state index is 12.3. The van der Waals surface area contributed by atoms with Crippen molar-refractivity contribution in [3.63, 3.8) is 0 Å². The van der Waals surface area contributed by atoms with Crippen molar-refractivity contribution in [3.05, 3.63) is 34.9 Å². The minimum absolute atomic E-state index is 0.0555. The van der Waals surface area contributed by atoms with Crippen LogP contribution >= 0.6 is 11.6 Å². The van der Waals surface area contributed by atoms with Gasteiger partial charge in [-0.1, -0.05) is 23.7 Å². The summed E-state index contributed by atoms with van der Waals surface area (Å²) in [6.07, 6.45) is 3.92. The summed E-state index contributed by atoms with van der Waals surface area (Å²) in [5.41, 5.74) is 0.870. The largest absolute Gasteiger partial charge is 0.387 e. The Labute approximate surface area is 142 Å². The van der Waals surface area contributed by atoms with Gasteiger partial charge in [0.25, 0.3) is 0 Å². The minimum atomic E-state index is -0.541. The molecule has 5 heteroatoms. The molecule has 1 aromatic rings. The molecule has 2 N–H and O–H groups in total. The van der Waals surface area contributed by atoms with E-state index in [1.807, 2.05) is 12.1 Å². The molecule has 2 atom stereocenters. The van der Waals surface area contributed by atoms with Gasteiger partial charge in [0.2, 0.25) is 5.91 Å². The van der Waals surface area contributed by atoms with Gasteiger partial charge < -0.3 is 10.4 Å². The average Bonchev–Trinajstić information content (AvgIpc) is 3.38. The molecule has 1 heterocycles. The standard InChI is InChI=1S/C18H25ClN2O2/c19-16-7-5-14(6-8-16)17(22)12-21-9-1-2-15(11-21)18(23)20-10-13-3-4-13/h5-8,13,15,17,22H,1-4,9-12H2,(H,20,23). The number of benzene rings is 1. The van der Waals surface area contributed by atoms with Crippen molar-refractivity contribution in [1.29, 1.82) is 0 Å². The van der Waals surface area contributed by atoms with Crippen LogP contribution in [0.2, 0.25) is 5.02 Å². The molecule has 1 amide bonds. The van der Waals surface area contributed by atoms with Crippen LogP contribution in [0.3, 0.4) is 0 Å². The second-order valence-corrected chi connectivity index (χ2v) is 7.29. The summed E-state index contributed by atoms with van der Waals surface area (Å²) in [6, 6.07) is 7.31. The molecule has 1 aliphatic heterocycles. The lowest BCUT2D eigenvalue weighted by atomic mass is 9.96. The van der Waals surface area contributed by atoms with E-state index in [2.05, 4.69) is 10.2 Å². The first-order chi connectivity index (χ1) is 11.1. The first-order valence-electron chi connectivity index (χ1n) is 8.55. The van der Waals surface area contributed by atoms with E-state index in [1.54, 1.807) is 12.1 Å². The van der Waals surface area contributed by atoms with Gasteiger partial charge in [-0.15, -0.1) is 0 Å². The summed E-state index contributed by atoms with van der Waals surface area (Å²) >= 11 is 5.88. The highest BCUT2D eigenvalue weighted by Gasteiger charge is 2.28. The van der Waals surface area contributed by atoms with Crippen molar-refractivity contribution >= 4 is 17.5 Å². The van der Waals surface area contributed by atoms with Crippen molar-refractivity contribution in [3.8, 4) is 0 Å². The topological polar surface area (TPSA) is 52.6 Å². The third kappa shape index (κ3) is 4.93. The number of aliphatic hydroxyl groups is 1. The fourth-order valence-electron chi connectivity index (χ4n) is 3.18. The third-order valence-electron chi connectivity index (χ3n) is 4.82. The summed E-state index contributed by atoms with van der Waals surface area (Å²) < 4.78 is 0. The van der Waals surface area contributed by atoms with Crippen LogP contribution in [0.4, 0.5) is 0 Å². The maximum Gasteiger partial charge on any atom is 0.224 e. The quantitative estimate of drug-likeness (QED) is 0.839. The predicted octanol–water partition coefficient (Wildman–Crippen LogP) is 2.61. The average molecular weight is 337 g/mol. The summed E-state index contributed by atoms with van der Waals surface area (Å²) in [7, 11) is 0. The number of nitrogens with one attached hydrogen (secondary N) is 1. The Balaban J connectivity index is 1.49. The number of aliphatic hydroxyl groups excluding tert-OH is 1. The number of hydrogen-bond donors (Lipinski definition) is 2. The van der Waals surface area contributed by atoms with E-state index in [4.69, 9.17) is 11.6 Å². The lowest BCUT2D eigenvalue weighted by Gasteiger charge is -2.33. The van der Waals surface area contributed by atoms with Crippen LogP contribution in [0.5, 0.6) is 0 Å². The monoisotopic (exact) mass is 336 g/mol. The smallest absolute Gasteiger partial charge is 0.224 e. The molecule has 4 nitrogen and oxygen atoms in total.